The second-order valence-corrected chi connectivity index (χ2v) is 8.71. The zero-order valence-electron chi connectivity index (χ0n) is 14.7. The molecule has 0 fully saturated rings. The maximum Gasteiger partial charge on any atom is 0.318 e. The van der Waals surface area contributed by atoms with Gasteiger partial charge in [0.25, 0.3) is 5.56 Å². The molecule has 0 aliphatic heterocycles. The molecule has 0 spiro atoms. The van der Waals surface area contributed by atoms with Crippen LogP contribution in [0.2, 0.25) is 5.02 Å². The lowest BCUT2D eigenvalue weighted by Gasteiger charge is -2.14. The average molecular weight is 409 g/mol. The average Bonchev–Trinajstić information content (AvgIpc) is 2.90. The zero-order chi connectivity index (χ0) is 19.0. The van der Waals surface area contributed by atoms with E-state index in [1.165, 1.54) is 34.8 Å². The minimum atomic E-state index is -0.495. The Bertz CT molecular complexity index is 1040. The van der Waals surface area contributed by atoms with Crippen molar-refractivity contribution in [2.45, 2.75) is 31.2 Å². The first-order chi connectivity index (χ1) is 12.3. The number of thioether (sulfide) groups is 1. The first-order valence-corrected chi connectivity index (χ1v) is 9.94. The van der Waals surface area contributed by atoms with E-state index in [2.05, 4.69) is 4.98 Å². The van der Waals surface area contributed by atoms with Crippen LogP contribution in [0.4, 0.5) is 0 Å². The standard InChI is InChI=1S/C18H17ClN2O3S2/c1-9-10(2)25-15-14(9)16(22)21(13-7-5-12(19)6-8-13)18(20-15)26-11(3)17(23)24-4/h5-8,11H,1-4H3. The van der Waals surface area contributed by atoms with Crippen LogP contribution in [0.5, 0.6) is 0 Å². The lowest BCUT2D eigenvalue weighted by molar-refractivity contribution is -0.139. The van der Waals surface area contributed by atoms with Crippen molar-refractivity contribution in [3.05, 3.63) is 50.1 Å². The largest absolute Gasteiger partial charge is 0.468 e. The first-order valence-electron chi connectivity index (χ1n) is 7.86. The molecular weight excluding hydrogens is 392 g/mol. The Labute approximate surface area is 164 Å². The van der Waals surface area contributed by atoms with Crippen molar-refractivity contribution in [1.82, 2.24) is 9.55 Å². The third-order valence-electron chi connectivity index (χ3n) is 4.07. The van der Waals surface area contributed by atoms with Crippen LogP contribution in [0.1, 0.15) is 17.4 Å². The molecule has 136 valence electrons. The Morgan fingerprint density at radius 1 is 1.31 bits per heavy atom. The fourth-order valence-electron chi connectivity index (χ4n) is 2.54. The maximum absolute atomic E-state index is 13.3. The third kappa shape index (κ3) is 3.39. The smallest absolute Gasteiger partial charge is 0.318 e. The van der Waals surface area contributed by atoms with Crippen LogP contribution in [0.3, 0.4) is 0 Å². The summed E-state index contributed by atoms with van der Waals surface area (Å²) in [7, 11) is 1.34. The van der Waals surface area contributed by atoms with E-state index in [0.717, 1.165) is 10.4 Å². The molecule has 5 nitrogen and oxygen atoms in total. The highest BCUT2D eigenvalue weighted by molar-refractivity contribution is 8.00. The number of hydrogen-bond donors (Lipinski definition) is 0. The van der Waals surface area contributed by atoms with Crippen LogP contribution in [0, 0.1) is 13.8 Å². The predicted molar refractivity (Wildman–Crippen MR) is 107 cm³/mol. The van der Waals surface area contributed by atoms with E-state index >= 15 is 0 Å². The highest BCUT2D eigenvalue weighted by atomic mass is 35.5. The van der Waals surface area contributed by atoms with Gasteiger partial charge in [0.1, 0.15) is 10.1 Å². The number of methoxy groups -OCH3 is 1. The van der Waals surface area contributed by atoms with E-state index in [-0.39, 0.29) is 11.5 Å². The van der Waals surface area contributed by atoms with Crippen LogP contribution in [-0.4, -0.2) is 27.9 Å². The number of nitrogens with zero attached hydrogens (tertiary/aromatic N) is 2. The minimum Gasteiger partial charge on any atom is -0.468 e. The van der Waals surface area contributed by atoms with Gasteiger partial charge in [-0.3, -0.25) is 14.2 Å². The molecule has 2 heterocycles. The highest BCUT2D eigenvalue weighted by Crippen LogP contribution is 2.31. The molecule has 0 aliphatic carbocycles. The topological polar surface area (TPSA) is 61.2 Å². The predicted octanol–water partition coefficient (Wildman–Crippen LogP) is 4.37. The van der Waals surface area contributed by atoms with E-state index in [0.29, 0.717) is 26.1 Å². The normalized spacial score (nSPS) is 12.3. The number of thiophene rings is 1. The summed E-state index contributed by atoms with van der Waals surface area (Å²) in [4.78, 5) is 31.5. The summed E-state index contributed by atoms with van der Waals surface area (Å²) in [5, 5.41) is 1.14. The summed E-state index contributed by atoms with van der Waals surface area (Å²) in [6.45, 7) is 5.62. The van der Waals surface area contributed by atoms with Gasteiger partial charge in [-0.2, -0.15) is 0 Å². The van der Waals surface area contributed by atoms with E-state index in [1.54, 1.807) is 31.2 Å². The highest BCUT2D eigenvalue weighted by Gasteiger charge is 2.22. The van der Waals surface area contributed by atoms with Crippen molar-refractivity contribution >= 4 is 50.9 Å². The Morgan fingerprint density at radius 3 is 2.58 bits per heavy atom. The number of rotatable bonds is 4. The molecule has 3 aromatic rings. The van der Waals surface area contributed by atoms with Crippen molar-refractivity contribution in [2.75, 3.05) is 7.11 Å². The number of esters is 1. The Kier molecular flexibility index (Phi) is 5.41. The number of carbonyl (C=O) groups is 1. The SMILES string of the molecule is COC(=O)C(C)Sc1nc2sc(C)c(C)c2c(=O)n1-c1ccc(Cl)cc1. The van der Waals surface area contributed by atoms with E-state index in [4.69, 9.17) is 16.3 Å². The van der Waals surface area contributed by atoms with Gasteiger partial charge in [0.15, 0.2) is 5.16 Å². The van der Waals surface area contributed by atoms with Gasteiger partial charge in [0, 0.05) is 9.90 Å². The maximum atomic E-state index is 13.3. The van der Waals surface area contributed by atoms with Gasteiger partial charge in [0.2, 0.25) is 0 Å². The Balaban J connectivity index is 2.27. The van der Waals surface area contributed by atoms with Gasteiger partial charge in [-0.15, -0.1) is 11.3 Å². The molecule has 8 heteroatoms. The fourth-order valence-corrected chi connectivity index (χ4v) is 4.69. The van der Waals surface area contributed by atoms with Crippen LogP contribution >= 0.6 is 34.7 Å². The molecule has 1 unspecified atom stereocenters. The summed E-state index contributed by atoms with van der Waals surface area (Å²) in [6, 6.07) is 6.96. The molecular formula is C18H17ClN2O3S2. The summed E-state index contributed by atoms with van der Waals surface area (Å²) >= 11 is 8.66. The van der Waals surface area contributed by atoms with Gasteiger partial charge >= 0.3 is 5.97 Å². The fraction of sp³-hybridized carbons (Fsp3) is 0.278. The summed E-state index contributed by atoms with van der Waals surface area (Å²) < 4.78 is 6.33. The Hall–Kier alpha value is -1.83. The van der Waals surface area contributed by atoms with E-state index < -0.39 is 5.25 Å². The molecule has 3 rings (SSSR count). The number of carbonyl (C=O) groups excluding carboxylic acids is 1. The lowest BCUT2D eigenvalue weighted by Crippen LogP contribution is -2.24. The molecule has 0 aliphatic rings. The van der Waals surface area contributed by atoms with Crippen molar-refractivity contribution in [1.29, 1.82) is 0 Å². The lowest BCUT2D eigenvalue weighted by atomic mass is 10.2. The summed E-state index contributed by atoms with van der Waals surface area (Å²) in [5.74, 6) is -0.370. The number of hydrogen-bond acceptors (Lipinski definition) is 6. The van der Waals surface area contributed by atoms with E-state index in [1.807, 2.05) is 13.8 Å². The van der Waals surface area contributed by atoms with Gasteiger partial charge < -0.3 is 4.74 Å². The van der Waals surface area contributed by atoms with E-state index in [9.17, 15) is 9.59 Å². The molecule has 0 saturated carbocycles. The molecule has 0 amide bonds. The molecule has 0 N–H and O–H groups in total. The van der Waals surface area contributed by atoms with Crippen LogP contribution in [0.15, 0.2) is 34.2 Å². The summed E-state index contributed by atoms with van der Waals surface area (Å²) in [5.41, 5.74) is 1.43. The number of ether oxygens (including phenoxy) is 1. The second kappa shape index (κ2) is 7.42. The van der Waals surface area contributed by atoms with Crippen LogP contribution in [-0.2, 0) is 9.53 Å². The van der Waals surface area contributed by atoms with Crippen molar-refractivity contribution in [2.24, 2.45) is 0 Å². The second-order valence-electron chi connectivity index (χ2n) is 5.76. The molecule has 26 heavy (non-hydrogen) atoms. The number of benzene rings is 1. The van der Waals surface area contributed by atoms with Crippen molar-refractivity contribution in [3.63, 3.8) is 0 Å². The third-order valence-corrected chi connectivity index (χ3v) is 6.46. The number of fused-ring (bicyclic) bond motifs is 1. The monoisotopic (exact) mass is 408 g/mol. The van der Waals surface area contributed by atoms with Crippen molar-refractivity contribution < 1.29 is 9.53 Å². The molecule has 0 bridgehead atoms. The number of aromatic nitrogens is 2. The van der Waals surface area contributed by atoms with Crippen LogP contribution in [0.25, 0.3) is 15.9 Å². The molecule has 1 atom stereocenters. The van der Waals surface area contributed by atoms with Gasteiger partial charge in [0.05, 0.1) is 18.2 Å². The quantitative estimate of drug-likeness (QED) is 0.364. The number of aryl methyl sites for hydroxylation is 2. The summed E-state index contributed by atoms with van der Waals surface area (Å²) in [6.07, 6.45) is 0. The van der Waals surface area contributed by atoms with Gasteiger partial charge in [-0.1, -0.05) is 23.4 Å². The zero-order valence-corrected chi connectivity index (χ0v) is 17.1. The molecule has 1 aromatic carbocycles. The van der Waals surface area contributed by atoms with Crippen molar-refractivity contribution in [3.8, 4) is 5.69 Å². The van der Waals surface area contributed by atoms with Crippen LogP contribution < -0.4 is 5.56 Å². The number of halogens is 1. The first kappa shape index (κ1) is 18.9. The van der Waals surface area contributed by atoms with Gasteiger partial charge in [-0.25, -0.2) is 4.98 Å². The molecule has 0 radical (unpaired) electrons. The Morgan fingerprint density at radius 2 is 1.96 bits per heavy atom. The van der Waals surface area contributed by atoms with Gasteiger partial charge in [-0.05, 0) is 50.6 Å². The minimum absolute atomic E-state index is 0.154. The molecule has 2 aromatic heterocycles. The molecule has 0 saturated heterocycles.